The zero-order valence-electron chi connectivity index (χ0n) is 8.41. The second-order valence-corrected chi connectivity index (χ2v) is 4.58. The van der Waals surface area contributed by atoms with Crippen LogP contribution in [0.1, 0.15) is 32.1 Å². The SMILES string of the molecule is NC1(C(=O)O)CCCN(C2CC2)CC1. The molecule has 0 bridgehead atoms. The van der Waals surface area contributed by atoms with Gasteiger partial charge in [0.1, 0.15) is 5.54 Å². The number of hydrogen-bond acceptors (Lipinski definition) is 3. The number of hydrogen-bond donors (Lipinski definition) is 2. The predicted molar refractivity (Wildman–Crippen MR) is 53.0 cm³/mol. The third kappa shape index (κ3) is 1.91. The van der Waals surface area contributed by atoms with E-state index in [1.807, 2.05) is 0 Å². The molecule has 1 aliphatic carbocycles. The van der Waals surface area contributed by atoms with Crippen molar-refractivity contribution in [2.24, 2.45) is 5.73 Å². The Kier molecular flexibility index (Phi) is 2.49. The summed E-state index contributed by atoms with van der Waals surface area (Å²) >= 11 is 0. The Morgan fingerprint density at radius 1 is 1.36 bits per heavy atom. The van der Waals surface area contributed by atoms with E-state index in [9.17, 15) is 4.79 Å². The van der Waals surface area contributed by atoms with Crippen LogP contribution in [0.4, 0.5) is 0 Å². The fraction of sp³-hybridized carbons (Fsp3) is 0.900. The number of likely N-dealkylation sites (tertiary alicyclic amines) is 1. The summed E-state index contributed by atoms with van der Waals surface area (Å²) in [6, 6.07) is 0.728. The van der Waals surface area contributed by atoms with E-state index in [1.54, 1.807) is 0 Å². The van der Waals surface area contributed by atoms with Crippen LogP contribution < -0.4 is 5.73 Å². The fourth-order valence-electron chi connectivity index (χ4n) is 2.20. The van der Waals surface area contributed by atoms with Crippen LogP contribution in [-0.4, -0.2) is 40.6 Å². The van der Waals surface area contributed by atoms with Gasteiger partial charge >= 0.3 is 5.97 Å². The largest absolute Gasteiger partial charge is 0.480 e. The lowest BCUT2D eigenvalue weighted by atomic mass is 9.92. The van der Waals surface area contributed by atoms with Gasteiger partial charge in [-0.15, -0.1) is 0 Å². The molecule has 0 radical (unpaired) electrons. The van der Waals surface area contributed by atoms with Gasteiger partial charge in [-0.05, 0) is 38.6 Å². The second-order valence-electron chi connectivity index (χ2n) is 4.58. The van der Waals surface area contributed by atoms with Crippen molar-refractivity contribution in [1.29, 1.82) is 0 Å². The van der Waals surface area contributed by atoms with Gasteiger partial charge in [0.05, 0.1) is 0 Å². The average molecular weight is 198 g/mol. The highest BCUT2D eigenvalue weighted by Gasteiger charge is 2.38. The molecule has 1 aliphatic heterocycles. The fourth-order valence-corrected chi connectivity index (χ4v) is 2.20. The summed E-state index contributed by atoms with van der Waals surface area (Å²) in [4.78, 5) is 13.4. The summed E-state index contributed by atoms with van der Waals surface area (Å²) in [5.74, 6) is -0.838. The van der Waals surface area contributed by atoms with Crippen molar-refractivity contribution >= 4 is 5.97 Å². The summed E-state index contributed by atoms with van der Waals surface area (Å²) in [5.41, 5.74) is 4.89. The number of nitrogens with two attached hydrogens (primary N) is 1. The lowest BCUT2D eigenvalue weighted by Gasteiger charge is -2.23. The Morgan fingerprint density at radius 2 is 2.07 bits per heavy atom. The topological polar surface area (TPSA) is 66.6 Å². The van der Waals surface area contributed by atoms with Crippen LogP contribution in [-0.2, 0) is 4.79 Å². The van der Waals surface area contributed by atoms with Gasteiger partial charge in [0.15, 0.2) is 0 Å². The molecule has 14 heavy (non-hydrogen) atoms. The summed E-state index contributed by atoms with van der Waals surface area (Å²) in [7, 11) is 0. The summed E-state index contributed by atoms with van der Waals surface area (Å²) in [6.07, 6.45) is 4.69. The molecule has 0 amide bonds. The summed E-state index contributed by atoms with van der Waals surface area (Å²) < 4.78 is 0. The van der Waals surface area contributed by atoms with E-state index in [0.717, 1.165) is 25.6 Å². The zero-order chi connectivity index (χ0) is 10.2. The van der Waals surface area contributed by atoms with E-state index in [2.05, 4.69) is 4.90 Å². The van der Waals surface area contributed by atoms with Crippen molar-refractivity contribution in [3.63, 3.8) is 0 Å². The highest BCUT2D eigenvalue weighted by Crippen LogP contribution is 2.30. The number of carboxylic acids is 1. The maximum absolute atomic E-state index is 11.0. The van der Waals surface area contributed by atoms with E-state index in [-0.39, 0.29) is 0 Å². The smallest absolute Gasteiger partial charge is 0.323 e. The summed E-state index contributed by atoms with van der Waals surface area (Å²) in [6.45, 7) is 1.88. The molecule has 0 aromatic heterocycles. The van der Waals surface area contributed by atoms with E-state index in [4.69, 9.17) is 10.8 Å². The van der Waals surface area contributed by atoms with E-state index < -0.39 is 11.5 Å². The number of rotatable bonds is 2. The molecule has 4 nitrogen and oxygen atoms in total. The standard InChI is InChI=1S/C10H18N2O2/c11-10(9(13)14)4-1-6-12(7-5-10)8-2-3-8/h8H,1-7,11H2,(H,13,14). The Bertz CT molecular complexity index is 240. The van der Waals surface area contributed by atoms with Crippen LogP contribution in [0.15, 0.2) is 0 Å². The van der Waals surface area contributed by atoms with Crippen LogP contribution >= 0.6 is 0 Å². The van der Waals surface area contributed by atoms with Crippen molar-refractivity contribution in [2.45, 2.75) is 43.7 Å². The van der Waals surface area contributed by atoms with Crippen LogP contribution in [0.5, 0.6) is 0 Å². The van der Waals surface area contributed by atoms with Crippen LogP contribution in [0.3, 0.4) is 0 Å². The third-order valence-corrected chi connectivity index (χ3v) is 3.40. The normalized spacial score (nSPS) is 35.2. The number of aliphatic carboxylic acids is 1. The molecule has 1 unspecified atom stereocenters. The number of carboxylic acid groups (broad SMARTS) is 1. The maximum atomic E-state index is 11.0. The lowest BCUT2D eigenvalue weighted by Crippen LogP contribution is -2.48. The Labute approximate surface area is 84.1 Å². The number of nitrogens with zero attached hydrogens (tertiary/aromatic N) is 1. The minimum Gasteiger partial charge on any atom is -0.480 e. The van der Waals surface area contributed by atoms with E-state index >= 15 is 0 Å². The quantitative estimate of drug-likeness (QED) is 0.674. The van der Waals surface area contributed by atoms with Gasteiger partial charge < -0.3 is 15.7 Å². The third-order valence-electron chi connectivity index (χ3n) is 3.40. The minimum absolute atomic E-state index is 0.596. The van der Waals surface area contributed by atoms with Crippen molar-refractivity contribution in [1.82, 2.24) is 4.90 Å². The Balaban J connectivity index is 1.96. The highest BCUT2D eigenvalue weighted by atomic mass is 16.4. The Hall–Kier alpha value is -0.610. The number of carbonyl (C=O) groups is 1. The molecule has 2 fully saturated rings. The molecule has 1 atom stereocenters. The predicted octanol–water partition coefficient (Wildman–Crippen LogP) is 0.417. The van der Waals surface area contributed by atoms with Crippen LogP contribution in [0, 0.1) is 0 Å². The van der Waals surface area contributed by atoms with Crippen molar-refractivity contribution in [2.75, 3.05) is 13.1 Å². The minimum atomic E-state index is -0.969. The van der Waals surface area contributed by atoms with Crippen molar-refractivity contribution in [3.8, 4) is 0 Å². The van der Waals surface area contributed by atoms with Crippen molar-refractivity contribution < 1.29 is 9.90 Å². The first-order valence-electron chi connectivity index (χ1n) is 5.38. The molecule has 2 aliphatic rings. The van der Waals surface area contributed by atoms with E-state index in [0.29, 0.717) is 12.8 Å². The van der Waals surface area contributed by atoms with Crippen LogP contribution in [0.25, 0.3) is 0 Å². The first-order chi connectivity index (χ1) is 6.62. The molecular weight excluding hydrogens is 180 g/mol. The first-order valence-corrected chi connectivity index (χ1v) is 5.38. The molecule has 0 aromatic rings. The average Bonchev–Trinajstić information content (AvgIpc) is 2.90. The van der Waals surface area contributed by atoms with Crippen LogP contribution in [0.2, 0.25) is 0 Å². The van der Waals surface area contributed by atoms with Gasteiger partial charge in [-0.1, -0.05) is 0 Å². The molecule has 1 saturated heterocycles. The van der Waals surface area contributed by atoms with Gasteiger partial charge in [-0.3, -0.25) is 4.79 Å². The van der Waals surface area contributed by atoms with Gasteiger partial charge in [-0.2, -0.15) is 0 Å². The van der Waals surface area contributed by atoms with Gasteiger partial charge in [0.2, 0.25) is 0 Å². The molecule has 0 aromatic carbocycles. The molecule has 0 spiro atoms. The highest BCUT2D eigenvalue weighted by molar-refractivity contribution is 5.78. The van der Waals surface area contributed by atoms with Gasteiger partial charge in [0, 0.05) is 12.6 Å². The summed E-state index contributed by atoms with van der Waals surface area (Å²) in [5, 5.41) is 9.02. The lowest BCUT2D eigenvalue weighted by molar-refractivity contribution is -0.143. The molecule has 1 heterocycles. The van der Waals surface area contributed by atoms with Gasteiger partial charge in [0.25, 0.3) is 0 Å². The molecule has 2 rings (SSSR count). The molecule has 1 saturated carbocycles. The maximum Gasteiger partial charge on any atom is 0.323 e. The second kappa shape index (κ2) is 3.51. The molecular formula is C10H18N2O2. The van der Waals surface area contributed by atoms with Gasteiger partial charge in [-0.25, -0.2) is 0 Å². The zero-order valence-corrected chi connectivity index (χ0v) is 8.41. The van der Waals surface area contributed by atoms with E-state index in [1.165, 1.54) is 12.8 Å². The molecule has 80 valence electrons. The van der Waals surface area contributed by atoms with Crippen molar-refractivity contribution in [3.05, 3.63) is 0 Å². The molecule has 3 N–H and O–H groups in total. The molecule has 4 heteroatoms. The monoisotopic (exact) mass is 198 g/mol. The first kappa shape index (κ1) is 9.93. The Morgan fingerprint density at radius 3 is 2.64 bits per heavy atom.